The molecule has 3 aromatic rings. The zero-order valence-corrected chi connectivity index (χ0v) is 18.7. The highest BCUT2D eigenvalue weighted by molar-refractivity contribution is 6.35. The van der Waals surface area contributed by atoms with Gasteiger partial charge >= 0.3 is 5.97 Å². The Morgan fingerprint density at radius 2 is 1.62 bits per heavy atom. The third-order valence-electron chi connectivity index (χ3n) is 4.64. The molecular weight excluding hydrogens is 489 g/mol. The van der Waals surface area contributed by atoms with Gasteiger partial charge in [-0.2, -0.15) is 0 Å². The molecule has 2 amide bonds. The van der Waals surface area contributed by atoms with E-state index in [1.165, 1.54) is 30.3 Å². The molecule has 1 aromatic heterocycles. The Kier molecular flexibility index (Phi) is 7.44. The van der Waals surface area contributed by atoms with Crippen LogP contribution in [0.4, 0.5) is 5.69 Å². The zero-order chi connectivity index (χ0) is 25.0. The molecule has 0 radical (unpaired) electrons. The Morgan fingerprint density at radius 3 is 2.24 bits per heavy atom. The first-order valence-corrected chi connectivity index (χ1v) is 10.3. The summed E-state index contributed by atoms with van der Waals surface area (Å²) in [4.78, 5) is 49.3. The number of aromatic hydroxyl groups is 2. The van der Waals surface area contributed by atoms with E-state index in [1.54, 1.807) is 18.2 Å². The van der Waals surface area contributed by atoms with Crippen LogP contribution in [-0.2, 0) is 11.3 Å². The van der Waals surface area contributed by atoms with Crippen molar-refractivity contribution in [3.8, 4) is 11.6 Å². The summed E-state index contributed by atoms with van der Waals surface area (Å²) < 4.78 is 0.657. The van der Waals surface area contributed by atoms with Crippen molar-refractivity contribution in [2.24, 2.45) is 0 Å². The monoisotopic (exact) mass is 505 g/mol. The number of carbonyl (C=O) groups excluding carboxylic acids is 2. The topological polar surface area (TPSA) is 158 Å². The molecule has 0 fully saturated rings. The molecule has 0 saturated heterocycles. The Morgan fingerprint density at radius 1 is 0.941 bits per heavy atom. The summed E-state index contributed by atoms with van der Waals surface area (Å²) >= 11 is 12.0. The number of amides is 2. The molecule has 5 N–H and O–H groups in total. The quantitative estimate of drug-likeness (QED) is 0.330. The summed E-state index contributed by atoms with van der Waals surface area (Å²) in [6.07, 6.45) is 0. The summed E-state index contributed by atoms with van der Waals surface area (Å²) in [5.41, 5.74) is -2.27. The van der Waals surface area contributed by atoms with Crippen LogP contribution in [0, 0.1) is 0 Å². The highest BCUT2D eigenvalue weighted by atomic mass is 35.5. The van der Waals surface area contributed by atoms with Crippen molar-refractivity contribution >= 4 is 46.7 Å². The van der Waals surface area contributed by atoms with E-state index in [9.17, 15) is 29.4 Å². The molecule has 2 aromatic carbocycles. The number of aromatic nitrogens is 1. The van der Waals surface area contributed by atoms with Crippen molar-refractivity contribution in [2.75, 3.05) is 11.9 Å². The van der Waals surface area contributed by atoms with Gasteiger partial charge in [0.05, 0.1) is 6.54 Å². The molecule has 176 valence electrons. The van der Waals surface area contributed by atoms with E-state index in [0.717, 1.165) is 0 Å². The number of benzene rings is 2. The summed E-state index contributed by atoms with van der Waals surface area (Å²) in [6, 6.07) is 12.4. The maximum Gasteiger partial charge on any atom is 0.322 e. The average molecular weight is 506 g/mol. The molecule has 3 rings (SSSR count). The summed E-state index contributed by atoms with van der Waals surface area (Å²) in [7, 11) is 0. The molecule has 0 bridgehead atoms. The second-order valence-corrected chi connectivity index (χ2v) is 7.79. The van der Waals surface area contributed by atoms with Crippen LogP contribution in [0.1, 0.15) is 26.3 Å². The van der Waals surface area contributed by atoms with E-state index in [2.05, 4.69) is 5.32 Å². The van der Waals surface area contributed by atoms with Crippen LogP contribution in [0.2, 0.25) is 10.0 Å². The molecule has 0 aliphatic rings. The highest BCUT2D eigenvalue weighted by Gasteiger charge is 2.30. The summed E-state index contributed by atoms with van der Waals surface area (Å²) in [5.74, 6) is -5.73. The van der Waals surface area contributed by atoms with E-state index < -0.39 is 59.2 Å². The van der Waals surface area contributed by atoms with Crippen molar-refractivity contribution in [2.45, 2.75) is 6.54 Å². The van der Waals surface area contributed by atoms with Gasteiger partial charge < -0.3 is 26.0 Å². The van der Waals surface area contributed by atoms with Crippen LogP contribution in [0.15, 0.2) is 53.3 Å². The molecule has 0 aliphatic carbocycles. The Balaban J connectivity index is 2.17. The van der Waals surface area contributed by atoms with Gasteiger partial charge in [0.1, 0.15) is 17.7 Å². The number of halogens is 2. The third-order valence-corrected chi connectivity index (χ3v) is 5.23. The average Bonchev–Trinajstić information content (AvgIpc) is 2.77. The van der Waals surface area contributed by atoms with Crippen molar-refractivity contribution < 1.29 is 29.7 Å². The lowest BCUT2D eigenvalue weighted by molar-refractivity contribution is -0.135. The molecule has 0 atom stereocenters. The number of carbonyl (C=O) groups is 3. The van der Waals surface area contributed by atoms with Crippen LogP contribution in [0.25, 0.3) is 0 Å². The van der Waals surface area contributed by atoms with Crippen molar-refractivity contribution in [1.82, 2.24) is 9.88 Å². The number of nitrogens with one attached hydrogen (secondary N) is 2. The molecule has 0 aliphatic heterocycles. The van der Waals surface area contributed by atoms with Gasteiger partial charge in [0.15, 0.2) is 5.75 Å². The fraction of sp³-hybridized carbons (Fsp3) is 0.0909. The van der Waals surface area contributed by atoms with E-state index in [0.29, 0.717) is 20.8 Å². The van der Waals surface area contributed by atoms with Gasteiger partial charge in [-0.1, -0.05) is 47.5 Å². The number of carboxylic acid groups (broad SMARTS) is 1. The Labute approximate surface area is 202 Å². The molecule has 34 heavy (non-hydrogen) atoms. The van der Waals surface area contributed by atoms with Crippen molar-refractivity contribution in [3.63, 3.8) is 0 Å². The number of hydrogen-bond acceptors (Lipinski definition) is 6. The highest BCUT2D eigenvalue weighted by Crippen LogP contribution is 2.31. The Hall–Kier alpha value is -4.02. The predicted octanol–water partition coefficient (Wildman–Crippen LogP) is 2.68. The number of nitrogens with zero attached hydrogens (tertiary/aromatic N) is 1. The lowest BCUT2D eigenvalue weighted by Gasteiger charge is -2.17. The third kappa shape index (κ3) is 5.30. The minimum Gasteiger partial charge on any atom is -0.506 e. The van der Waals surface area contributed by atoms with Crippen LogP contribution >= 0.6 is 23.2 Å². The van der Waals surface area contributed by atoms with Crippen molar-refractivity contribution in [1.29, 1.82) is 0 Å². The second kappa shape index (κ2) is 10.3. The molecule has 10 nitrogen and oxygen atoms in total. The van der Waals surface area contributed by atoms with Gasteiger partial charge in [-0.05, 0) is 29.8 Å². The smallest absolute Gasteiger partial charge is 0.322 e. The minimum atomic E-state index is -1.40. The Bertz CT molecular complexity index is 1340. The normalized spacial score (nSPS) is 10.5. The lowest BCUT2D eigenvalue weighted by Crippen LogP contribution is -2.37. The number of rotatable bonds is 7. The number of hydrogen-bond donors (Lipinski definition) is 5. The first-order chi connectivity index (χ1) is 16.1. The summed E-state index contributed by atoms with van der Waals surface area (Å²) in [5, 5.41) is 35.1. The van der Waals surface area contributed by atoms with Crippen LogP contribution < -0.4 is 16.2 Å². The first-order valence-electron chi connectivity index (χ1n) is 9.59. The molecular formula is C22H17Cl2N3O7. The van der Waals surface area contributed by atoms with Crippen LogP contribution in [0.3, 0.4) is 0 Å². The standard InChI is InChI=1S/C22H17Cl2N3O7/c23-12-7-6-11(14(24)8-12)10-27-21(33)16(19(31)25-9-15(28)29)18(30)17(22(27)34)20(32)26-13-4-2-1-3-5-13/h1-8,30,34H,9-10H2,(H,25,31)(H,26,32)(H,28,29). The fourth-order valence-corrected chi connectivity index (χ4v) is 3.51. The van der Waals surface area contributed by atoms with Crippen LogP contribution in [0.5, 0.6) is 11.6 Å². The molecule has 12 heteroatoms. The van der Waals surface area contributed by atoms with Crippen molar-refractivity contribution in [3.05, 3.63) is 85.6 Å². The van der Waals surface area contributed by atoms with Gasteiger partial charge in [0.25, 0.3) is 17.4 Å². The van der Waals surface area contributed by atoms with Crippen LogP contribution in [-0.4, -0.2) is 44.2 Å². The van der Waals surface area contributed by atoms with Gasteiger partial charge in [-0.15, -0.1) is 0 Å². The van der Waals surface area contributed by atoms with Gasteiger partial charge in [-0.25, -0.2) is 0 Å². The SMILES string of the molecule is O=C(O)CNC(=O)c1c(O)c(C(=O)Nc2ccccc2)c(O)n(Cc2ccc(Cl)cc2Cl)c1=O. The minimum absolute atomic E-state index is 0.138. The predicted molar refractivity (Wildman–Crippen MR) is 124 cm³/mol. The number of carboxylic acids is 1. The molecule has 0 unspecified atom stereocenters. The summed E-state index contributed by atoms with van der Waals surface area (Å²) in [6.45, 7) is -1.25. The largest absolute Gasteiger partial charge is 0.506 e. The molecule has 0 spiro atoms. The number of aliphatic carboxylic acids is 1. The molecule has 0 saturated carbocycles. The first kappa shape index (κ1) is 24.6. The lowest BCUT2D eigenvalue weighted by atomic mass is 10.1. The second-order valence-electron chi connectivity index (χ2n) is 6.95. The number of anilines is 1. The maximum atomic E-state index is 13.0. The number of para-hydroxylation sites is 1. The van der Waals surface area contributed by atoms with E-state index in [-0.39, 0.29) is 5.02 Å². The van der Waals surface area contributed by atoms with E-state index in [1.807, 2.05) is 5.32 Å². The van der Waals surface area contributed by atoms with Gasteiger partial charge in [0, 0.05) is 15.7 Å². The van der Waals surface area contributed by atoms with E-state index in [4.69, 9.17) is 28.3 Å². The van der Waals surface area contributed by atoms with E-state index >= 15 is 0 Å². The molecule has 1 heterocycles. The fourth-order valence-electron chi connectivity index (χ4n) is 3.04. The zero-order valence-electron chi connectivity index (χ0n) is 17.2. The maximum absolute atomic E-state index is 13.0. The number of pyridine rings is 1. The van der Waals surface area contributed by atoms with Gasteiger partial charge in [0.2, 0.25) is 5.88 Å². The van der Waals surface area contributed by atoms with Gasteiger partial charge in [-0.3, -0.25) is 23.7 Å².